The Bertz CT molecular complexity index is 993. The maximum absolute atomic E-state index is 13.9. The van der Waals surface area contributed by atoms with Crippen LogP contribution in [0.1, 0.15) is 27.2 Å². The lowest BCUT2D eigenvalue weighted by Gasteiger charge is -2.24. The number of quaternary nitrogens is 1. The first-order valence-corrected chi connectivity index (χ1v) is 9.57. The van der Waals surface area contributed by atoms with Crippen LogP contribution in [0.3, 0.4) is 0 Å². The lowest BCUT2D eigenvalue weighted by atomic mass is 10.1. The predicted molar refractivity (Wildman–Crippen MR) is 104 cm³/mol. The van der Waals surface area contributed by atoms with Crippen LogP contribution < -0.4 is 10.2 Å². The van der Waals surface area contributed by atoms with Crippen molar-refractivity contribution in [3.63, 3.8) is 0 Å². The van der Waals surface area contributed by atoms with Crippen LogP contribution in [0, 0.1) is 12.7 Å². The van der Waals surface area contributed by atoms with E-state index in [1.807, 2.05) is 18.2 Å². The van der Waals surface area contributed by atoms with Crippen molar-refractivity contribution in [1.82, 2.24) is 5.32 Å². The molecule has 4 rings (SSSR count). The third-order valence-electron chi connectivity index (χ3n) is 5.32. The number of benzene rings is 2. The Morgan fingerprint density at radius 1 is 1.11 bits per heavy atom. The fourth-order valence-electron chi connectivity index (χ4n) is 3.69. The molecule has 3 aromatic rings. The molecule has 2 N–H and O–H groups in total. The van der Waals surface area contributed by atoms with E-state index in [-0.39, 0.29) is 17.3 Å². The van der Waals surface area contributed by atoms with E-state index < -0.39 is 5.82 Å². The Morgan fingerprint density at radius 3 is 2.61 bits per heavy atom. The van der Waals surface area contributed by atoms with E-state index in [4.69, 9.17) is 9.15 Å². The van der Waals surface area contributed by atoms with Crippen molar-refractivity contribution in [2.45, 2.75) is 20.0 Å². The Kier molecular flexibility index (Phi) is 5.41. The molecule has 0 unspecified atom stereocenters. The Hall–Kier alpha value is -2.70. The number of fused-ring (bicyclic) bond motifs is 1. The third-order valence-corrected chi connectivity index (χ3v) is 5.32. The molecule has 6 heteroatoms. The van der Waals surface area contributed by atoms with Gasteiger partial charge in [-0.2, -0.15) is 0 Å². The second-order valence-electron chi connectivity index (χ2n) is 7.16. The Balaban J connectivity index is 1.48. The SMILES string of the molecule is Cc1c(C(=O)NCc2ccccc2C[NH+]2CCOCC2)oc2c(F)cccc12. The average Bonchev–Trinajstić information content (AvgIpc) is 3.06. The number of ether oxygens (including phenoxy) is 1. The summed E-state index contributed by atoms with van der Waals surface area (Å²) in [5.74, 6) is -0.628. The van der Waals surface area contributed by atoms with Gasteiger partial charge in [-0.3, -0.25) is 4.79 Å². The molecule has 2 heterocycles. The lowest BCUT2D eigenvalue weighted by Crippen LogP contribution is -3.12. The fraction of sp³-hybridized carbons (Fsp3) is 0.318. The maximum Gasteiger partial charge on any atom is 0.287 e. The van der Waals surface area contributed by atoms with Gasteiger partial charge in [0.2, 0.25) is 0 Å². The molecule has 0 saturated carbocycles. The summed E-state index contributed by atoms with van der Waals surface area (Å²) >= 11 is 0. The first kappa shape index (κ1) is 18.7. The summed E-state index contributed by atoms with van der Waals surface area (Å²) in [6.07, 6.45) is 0. The molecule has 0 bridgehead atoms. The Morgan fingerprint density at radius 2 is 1.86 bits per heavy atom. The minimum Gasteiger partial charge on any atom is -0.448 e. The number of aryl methyl sites for hydroxylation is 1. The summed E-state index contributed by atoms with van der Waals surface area (Å²) in [4.78, 5) is 14.2. The van der Waals surface area contributed by atoms with Gasteiger partial charge >= 0.3 is 0 Å². The van der Waals surface area contributed by atoms with E-state index >= 15 is 0 Å². The van der Waals surface area contributed by atoms with Crippen LogP contribution in [0.15, 0.2) is 46.9 Å². The summed E-state index contributed by atoms with van der Waals surface area (Å²) in [5, 5.41) is 3.55. The van der Waals surface area contributed by atoms with E-state index in [1.165, 1.54) is 16.5 Å². The van der Waals surface area contributed by atoms with Gasteiger partial charge in [0.15, 0.2) is 17.2 Å². The van der Waals surface area contributed by atoms with Crippen molar-refractivity contribution < 1.29 is 23.2 Å². The first-order chi connectivity index (χ1) is 13.6. The zero-order valence-corrected chi connectivity index (χ0v) is 15.9. The molecule has 0 aliphatic carbocycles. The van der Waals surface area contributed by atoms with Crippen LogP contribution in [-0.2, 0) is 17.8 Å². The van der Waals surface area contributed by atoms with Crippen molar-refractivity contribution in [2.24, 2.45) is 0 Å². The smallest absolute Gasteiger partial charge is 0.287 e. The van der Waals surface area contributed by atoms with E-state index in [9.17, 15) is 9.18 Å². The molecule has 1 saturated heterocycles. The van der Waals surface area contributed by atoms with E-state index in [0.29, 0.717) is 17.5 Å². The highest BCUT2D eigenvalue weighted by Gasteiger charge is 2.20. The molecule has 0 radical (unpaired) electrons. The van der Waals surface area contributed by atoms with Crippen molar-refractivity contribution in [1.29, 1.82) is 0 Å². The number of carbonyl (C=O) groups excluding carboxylic acids is 1. The van der Waals surface area contributed by atoms with Gasteiger partial charge in [0.05, 0.1) is 13.2 Å². The minimum absolute atomic E-state index is 0.126. The van der Waals surface area contributed by atoms with Gasteiger partial charge in [0, 0.05) is 23.1 Å². The van der Waals surface area contributed by atoms with Gasteiger partial charge in [-0.15, -0.1) is 0 Å². The second kappa shape index (κ2) is 8.12. The molecular formula is C22H24FN2O3+. The quantitative estimate of drug-likeness (QED) is 0.710. The maximum atomic E-state index is 13.9. The predicted octanol–water partition coefficient (Wildman–Crippen LogP) is 2.23. The molecular weight excluding hydrogens is 359 g/mol. The molecule has 1 amide bonds. The zero-order chi connectivity index (χ0) is 19.5. The third kappa shape index (κ3) is 3.79. The second-order valence-corrected chi connectivity index (χ2v) is 7.16. The highest BCUT2D eigenvalue weighted by molar-refractivity contribution is 5.98. The lowest BCUT2D eigenvalue weighted by molar-refractivity contribution is -0.921. The number of morpholine rings is 1. The molecule has 2 aromatic carbocycles. The van der Waals surface area contributed by atoms with E-state index in [0.717, 1.165) is 38.4 Å². The van der Waals surface area contributed by atoms with Crippen LogP contribution in [0.25, 0.3) is 11.0 Å². The van der Waals surface area contributed by atoms with Crippen LogP contribution in [-0.4, -0.2) is 32.2 Å². The number of furan rings is 1. The molecule has 1 fully saturated rings. The molecule has 146 valence electrons. The van der Waals surface area contributed by atoms with Gasteiger partial charge < -0.3 is 19.4 Å². The van der Waals surface area contributed by atoms with Crippen molar-refractivity contribution >= 4 is 16.9 Å². The number of carbonyl (C=O) groups is 1. The largest absolute Gasteiger partial charge is 0.448 e. The highest BCUT2D eigenvalue weighted by Crippen LogP contribution is 2.27. The van der Waals surface area contributed by atoms with Crippen LogP contribution >= 0.6 is 0 Å². The van der Waals surface area contributed by atoms with Crippen molar-refractivity contribution in [3.05, 3.63) is 70.7 Å². The minimum atomic E-state index is -0.460. The summed E-state index contributed by atoms with van der Waals surface area (Å²) in [7, 11) is 0. The highest BCUT2D eigenvalue weighted by atomic mass is 19.1. The van der Waals surface area contributed by atoms with E-state index in [1.54, 1.807) is 19.1 Å². The number of rotatable bonds is 5. The zero-order valence-electron chi connectivity index (χ0n) is 15.9. The fourth-order valence-corrected chi connectivity index (χ4v) is 3.69. The number of hydrogen-bond acceptors (Lipinski definition) is 3. The number of halogens is 1. The molecule has 5 nitrogen and oxygen atoms in total. The summed E-state index contributed by atoms with van der Waals surface area (Å²) in [5.41, 5.74) is 3.07. The number of nitrogens with one attached hydrogen (secondary N) is 2. The Labute approximate surface area is 163 Å². The molecule has 1 aromatic heterocycles. The van der Waals surface area contributed by atoms with Gasteiger partial charge in [-0.1, -0.05) is 36.4 Å². The van der Waals surface area contributed by atoms with Gasteiger partial charge in [-0.25, -0.2) is 4.39 Å². The summed E-state index contributed by atoms with van der Waals surface area (Å²) in [6.45, 7) is 6.64. The van der Waals surface area contributed by atoms with Gasteiger partial charge in [0.25, 0.3) is 5.91 Å². The van der Waals surface area contributed by atoms with Crippen LogP contribution in [0.4, 0.5) is 4.39 Å². The van der Waals surface area contributed by atoms with Crippen LogP contribution in [0.5, 0.6) is 0 Å². The molecule has 0 atom stereocenters. The molecule has 0 spiro atoms. The monoisotopic (exact) mass is 383 g/mol. The molecule has 1 aliphatic heterocycles. The number of para-hydroxylation sites is 1. The number of hydrogen-bond donors (Lipinski definition) is 2. The molecule has 1 aliphatic rings. The molecule has 28 heavy (non-hydrogen) atoms. The normalized spacial score (nSPS) is 15.1. The summed E-state index contributed by atoms with van der Waals surface area (Å²) < 4.78 is 24.9. The van der Waals surface area contributed by atoms with E-state index in [2.05, 4.69) is 11.4 Å². The topological polar surface area (TPSA) is 55.9 Å². The van der Waals surface area contributed by atoms with Gasteiger partial charge in [-0.05, 0) is 18.6 Å². The number of amides is 1. The van der Waals surface area contributed by atoms with Gasteiger partial charge in [0.1, 0.15) is 19.6 Å². The van der Waals surface area contributed by atoms with Crippen LogP contribution in [0.2, 0.25) is 0 Å². The average molecular weight is 383 g/mol. The standard InChI is InChI=1S/C22H23FN2O3/c1-15-18-7-4-8-19(23)21(18)28-20(15)22(26)24-13-16-5-2-3-6-17(16)14-25-9-11-27-12-10-25/h2-8H,9-14H2,1H3,(H,24,26)/p+1. The van der Waals surface area contributed by atoms with Crippen molar-refractivity contribution in [2.75, 3.05) is 26.3 Å². The first-order valence-electron chi connectivity index (χ1n) is 9.57. The van der Waals surface area contributed by atoms with Crippen molar-refractivity contribution in [3.8, 4) is 0 Å². The summed E-state index contributed by atoms with van der Waals surface area (Å²) in [6, 6.07) is 12.8.